The number of unbranched alkanes of at least 4 members (excludes halogenated alkanes) is 4. The Morgan fingerprint density at radius 3 is 2.73 bits per heavy atom. The fourth-order valence-corrected chi connectivity index (χ4v) is 1.29. The van der Waals surface area contributed by atoms with Gasteiger partial charge in [-0.25, -0.2) is 0 Å². The molecule has 2 nitrogen and oxygen atoms in total. The molecule has 0 saturated heterocycles. The van der Waals surface area contributed by atoms with Crippen molar-refractivity contribution in [2.45, 2.75) is 58.0 Å². The Kier molecular flexibility index (Phi) is 10.7. The van der Waals surface area contributed by atoms with Gasteiger partial charge in [0.05, 0.1) is 0 Å². The van der Waals surface area contributed by atoms with Crippen molar-refractivity contribution in [1.29, 1.82) is 0 Å². The third-order valence-electron chi connectivity index (χ3n) is 2.25. The van der Waals surface area contributed by atoms with Gasteiger partial charge in [-0.05, 0) is 12.8 Å². The highest BCUT2D eigenvalue weighted by Crippen LogP contribution is 2.02. The molecular weight excluding hydrogens is 188 g/mol. The second-order valence-electron chi connectivity index (χ2n) is 3.60. The predicted octanol–water partition coefficient (Wildman–Crippen LogP) is 2.95. The molecule has 0 rings (SSSR count). The molecule has 0 aliphatic heterocycles. The van der Waals surface area contributed by atoms with E-state index in [4.69, 9.17) is 4.74 Å². The van der Waals surface area contributed by atoms with E-state index < -0.39 is 0 Å². The van der Waals surface area contributed by atoms with Crippen LogP contribution in [0.15, 0.2) is 0 Å². The minimum atomic E-state index is -0.0682. The lowest BCUT2D eigenvalue weighted by Crippen LogP contribution is -2.07. The smallest absolute Gasteiger partial charge is 0.120 e. The number of hydrogen-bond donors (Lipinski definition) is 0. The Bertz CT molecular complexity index is 200. The van der Waals surface area contributed by atoms with Crippen molar-refractivity contribution in [3.05, 3.63) is 0 Å². The van der Waals surface area contributed by atoms with Crippen LogP contribution < -0.4 is 0 Å². The van der Waals surface area contributed by atoms with Crippen LogP contribution in [0.3, 0.4) is 0 Å². The third kappa shape index (κ3) is 9.49. The van der Waals surface area contributed by atoms with Crippen LogP contribution >= 0.6 is 0 Å². The quantitative estimate of drug-likeness (QED) is 0.350. The Labute approximate surface area is 93.4 Å². The first-order chi connectivity index (χ1) is 7.35. The fraction of sp³-hybridized carbons (Fsp3) is 0.769. The monoisotopic (exact) mass is 210 g/mol. The molecule has 0 saturated carbocycles. The molecule has 0 amide bonds. The zero-order valence-corrected chi connectivity index (χ0v) is 9.92. The van der Waals surface area contributed by atoms with Gasteiger partial charge in [0.2, 0.25) is 0 Å². The first-order valence-electron chi connectivity index (χ1n) is 5.80. The van der Waals surface area contributed by atoms with Crippen molar-refractivity contribution >= 4 is 6.29 Å². The van der Waals surface area contributed by atoms with Crippen LogP contribution in [0.5, 0.6) is 0 Å². The van der Waals surface area contributed by atoms with Crippen LogP contribution in [0.25, 0.3) is 0 Å². The minimum absolute atomic E-state index is 0.0682. The molecule has 0 bridgehead atoms. The summed E-state index contributed by atoms with van der Waals surface area (Å²) in [7, 11) is 1.64. The first kappa shape index (κ1) is 14.2. The number of carbonyl (C=O) groups excluding carboxylic acids is 1. The lowest BCUT2D eigenvalue weighted by molar-refractivity contribution is -0.108. The summed E-state index contributed by atoms with van der Waals surface area (Å²) >= 11 is 0. The highest BCUT2D eigenvalue weighted by molar-refractivity contribution is 5.49. The molecule has 0 aliphatic rings. The molecule has 15 heavy (non-hydrogen) atoms. The van der Waals surface area contributed by atoms with E-state index in [9.17, 15) is 4.79 Å². The molecule has 0 N–H and O–H groups in total. The SMILES string of the molecule is CCCCCCC#CC(CCC=O)OC. The van der Waals surface area contributed by atoms with Crippen molar-refractivity contribution < 1.29 is 9.53 Å². The zero-order valence-electron chi connectivity index (χ0n) is 9.92. The summed E-state index contributed by atoms with van der Waals surface area (Å²) < 4.78 is 5.15. The highest BCUT2D eigenvalue weighted by atomic mass is 16.5. The minimum Gasteiger partial charge on any atom is -0.369 e. The number of methoxy groups -OCH3 is 1. The topological polar surface area (TPSA) is 26.3 Å². The summed E-state index contributed by atoms with van der Waals surface area (Å²) in [5.41, 5.74) is 0. The molecule has 0 aromatic heterocycles. The van der Waals surface area contributed by atoms with E-state index in [0.29, 0.717) is 12.8 Å². The Balaban J connectivity index is 3.56. The van der Waals surface area contributed by atoms with E-state index in [0.717, 1.165) is 12.7 Å². The van der Waals surface area contributed by atoms with Gasteiger partial charge in [-0.15, -0.1) is 5.92 Å². The van der Waals surface area contributed by atoms with E-state index in [-0.39, 0.29) is 6.10 Å². The summed E-state index contributed by atoms with van der Waals surface area (Å²) in [6, 6.07) is 0. The Hall–Kier alpha value is -0.810. The van der Waals surface area contributed by atoms with E-state index >= 15 is 0 Å². The lowest BCUT2D eigenvalue weighted by atomic mass is 10.1. The van der Waals surface area contributed by atoms with E-state index in [1.807, 2.05) is 0 Å². The van der Waals surface area contributed by atoms with Crippen LogP contribution in [0.2, 0.25) is 0 Å². The maximum atomic E-state index is 10.2. The molecular formula is C13H22O2. The lowest BCUT2D eigenvalue weighted by Gasteiger charge is -2.04. The fourth-order valence-electron chi connectivity index (χ4n) is 1.29. The summed E-state index contributed by atoms with van der Waals surface area (Å²) in [5.74, 6) is 6.16. The molecule has 1 unspecified atom stereocenters. The van der Waals surface area contributed by atoms with Gasteiger partial charge in [0.25, 0.3) is 0 Å². The van der Waals surface area contributed by atoms with Crippen molar-refractivity contribution in [3.63, 3.8) is 0 Å². The van der Waals surface area contributed by atoms with E-state index in [2.05, 4.69) is 18.8 Å². The van der Waals surface area contributed by atoms with Gasteiger partial charge in [-0.2, -0.15) is 0 Å². The Morgan fingerprint density at radius 1 is 1.33 bits per heavy atom. The molecule has 0 aromatic rings. The van der Waals surface area contributed by atoms with Crippen molar-refractivity contribution in [1.82, 2.24) is 0 Å². The third-order valence-corrected chi connectivity index (χ3v) is 2.25. The first-order valence-corrected chi connectivity index (χ1v) is 5.80. The van der Waals surface area contributed by atoms with Gasteiger partial charge in [-0.3, -0.25) is 0 Å². The molecule has 0 fully saturated rings. The molecule has 2 heteroatoms. The number of rotatable bonds is 8. The van der Waals surface area contributed by atoms with Crippen molar-refractivity contribution in [3.8, 4) is 11.8 Å². The van der Waals surface area contributed by atoms with E-state index in [1.165, 1.54) is 25.7 Å². The summed E-state index contributed by atoms with van der Waals surface area (Å²) in [4.78, 5) is 10.2. The second-order valence-corrected chi connectivity index (χ2v) is 3.60. The van der Waals surface area contributed by atoms with Crippen molar-refractivity contribution in [2.75, 3.05) is 7.11 Å². The standard InChI is InChI=1S/C13H22O2/c1-3-4-5-6-7-8-10-13(15-2)11-9-12-14/h12-13H,3-7,9,11H2,1-2H3. The van der Waals surface area contributed by atoms with Gasteiger partial charge in [0.1, 0.15) is 12.4 Å². The van der Waals surface area contributed by atoms with Gasteiger partial charge in [0.15, 0.2) is 0 Å². The van der Waals surface area contributed by atoms with Gasteiger partial charge in [0, 0.05) is 20.0 Å². The van der Waals surface area contributed by atoms with E-state index in [1.54, 1.807) is 7.11 Å². The number of hydrogen-bond acceptors (Lipinski definition) is 2. The normalized spacial score (nSPS) is 11.6. The average Bonchev–Trinajstić information content (AvgIpc) is 2.27. The summed E-state index contributed by atoms with van der Waals surface area (Å²) in [5, 5.41) is 0. The summed E-state index contributed by atoms with van der Waals surface area (Å²) in [6.07, 6.45) is 8.01. The molecule has 0 aromatic carbocycles. The molecule has 86 valence electrons. The van der Waals surface area contributed by atoms with Crippen LogP contribution in [-0.4, -0.2) is 19.5 Å². The number of aldehydes is 1. The van der Waals surface area contributed by atoms with Crippen LogP contribution in [0.4, 0.5) is 0 Å². The van der Waals surface area contributed by atoms with Gasteiger partial charge >= 0.3 is 0 Å². The number of carbonyl (C=O) groups is 1. The molecule has 0 radical (unpaired) electrons. The largest absolute Gasteiger partial charge is 0.369 e. The maximum Gasteiger partial charge on any atom is 0.120 e. The predicted molar refractivity (Wildman–Crippen MR) is 62.6 cm³/mol. The number of ether oxygens (including phenoxy) is 1. The maximum absolute atomic E-state index is 10.2. The van der Waals surface area contributed by atoms with Gasteiger partial charge < -0.3 is 9.53 Å². The van der Waals surface area contributed by atoms with Crippen molar-refractivity contribution in [2.24, 2.45) is 0 Å². The molecule has 0 aliphatic carbocycles. The molecule has 0 spiro atoms. The average molecular weight is 210 g/mol. The van der Waals surface area contributed by atoms with Crippen LogP contribution in [0, 0.1) is 11.8 Å². The van der Waals surface area contributed by atoms with Crippen LogP contribution in [0.1, 0.15) is 51.9 Å². The van der Waals surface area contributed by atoms with Gasteiger partial charge in [-0.1, -0.05) is 32.1 Å². The molecule has 1 atom stereocenters. The second kappa shape index (κ2) is 11.3. The summed E-state index contributed by atoms with van der Waals surface area (Å²) in [6.45, 7) is 2.20. The Morgan fingerprint density at radius 2 is 2.13 bits per heavy atom. The molecule has 0 heterocycles. The zero-order chi connectivity index (χ0) is 11.4. The highest BCUT2D eigenvalue weighted by Gasteiger charge is 2.00. The van der Waals surface area contributed by atoms with Crippen LogP contribution in [-0.2, 0) is 9.53 Å².